The van der Waals surface area contributed by atoms with Crippen LogP contribution in [0.25, 0.3) is 0 Å². The normalized spacial score (nSPS) is 12.2. The molecule has 2 aromatic carbocycles. The molecule has 3 rings (SSSR count). The Kier molecular flexibility index (Phi) is 7.27. The van der Waals surface area contributed by atoms with E-state index < -0.39 is 44.1 Å². The van der Waals surface area contributed by atoms with E-state index >= 15 is 0 Å². The van der Waals surface area contributed by atoms with Crippen molar-refractivity contribution >= 4 is 27.5 Å². The molecule has 0 aliphatic heterocycles. The molecule has 1 heterocycles. The van der Waals surface area contributed by atoms with E-state index in [0.717, 1.165) is 16.4 Å². The summed E-state index contributed by atoms with van der Waals surface area (Å²) < 4.78 is 72.1. The van der Waals surface area contributed by atoms with Gasteiger partial charge in [-0.1, -0.05) is 41.9 Å². The van der Waals surface area contributed by atoms with Crippen molar-refractivity contribution in [3.8, 4) is 0 Å². The quantitative estimate of drug-likeness (QED) is 0.510. The second-order valence-electron chi connectivity index (χ2n) is 6.75. The van der Waals surface area contributed by atoms with Crippen LogP contribution in [0, 0.1) is 0 Å². The third-order valence-corrected chi connectivity index (χ3v) is 6.56. The minimum absolute atomic E-state index is 0.0320. The highest BCUT2D eigenvalue weighted by Crippen LogP contribution is 2.36. The average Bonchev–Trinajstić information content (AvgIpc) is 3.25. The van der Waals surface area contributed by atoms with E-state index in [-0.39, 0.29) is 13.1 Å². The van der Waals surface area contributed by atoms with E-state index in [9.17, 15) is 26.4 Å². The van der Waals surface area contributed by atoms with Crippen LogP contribution in [0.4, 0.5) is 13.2 Å². The van der Waals surface area contributed by atoms with Crippen molar-refractivity contribution in [2.24, 2.45) is 0 Å². The second-order valence-corrected chi connectivity index (χ2v) is 9.10. The van der Waals surface area contributed by atoms with E-state index in [2.05, 4.69) is 5.32 Å². The number of hydrogen-bond donors (Lipinski definition) is 1. The first-order chi connectivity index (χ1) is 15.1. The summed E-state index contributed by atoms with van der Waals surface area (Å²) in [4.78, 5) is 11.8. The van der Waals surface area contributed by atoms with Crippen molar-refractivity contribution in [3.63, 3.8) is 0 Å². The summed E-state index contributed by atoms with van der Waals surface area (Å²) in [7, 11) is -4.48. The third kappa shape index (κ3) is 5.90. The highest BCUT2D eigenvalue weighted by atomic mass is 35.5. The van der Waals surface area contributed by atoms with Crippen molar-refractivity contribution < 1.29 is 30.8 Å². The van der Waals surface area contributed by atoms with E-state index in [1.807, 2.05) is 0 Å². The number of carbonyl (C=O) groups is 1. The number of nitrogens with one attached hydrogen (secondary N) is 1. The lowest BCUT2D eigenvalue weighted by atomic mass is 10.2. The second kappa shape index (κ2) is 9.76. The molecule has 32 heavy (non-hydrogen) atoms. The van der Waals surface area contributed by atoms with Crippen LogP contribution >= 0.6 is 11.6 Å². The number of amides is 1. The number of carbonyl (C=O) groups excluding carboxylic acids is 1. The molecule has 0 saturated carbocycles. The molecule has 1 aromatic heterocycles. The van der Waals surface area contributed by atoms with Gasteiger partial charge >= 0.3 is 6.18 Å². The summed E-state index contributed by atoms with van der Waals surface area (Å²) in [5.74, 6) is -0.186. The molecule has 170 valence electrons. The lowest BCUT2D eigenvalue weighted by Gasteiger charge is -2.22. The first-order valence-corrected chi connectivity index (χ1v) is 11.1. The van der Waals surface area contributed by atoms with Crippen LogP contribution in [0.3, 0.4) is 0 Å². The number of sulfonamides is 1. The van der Waals surface area contributed by atoms with Crippen molar-refractivity contribution in [2.75, 3.05) is 6.54 Å². The standard InChI is InChI=1S/C21H18ClF3N2O4S/c22-19-9-8-17(11-18(19)21(23,24)25)32(29,30)27(13-15-5-2-1-3-6-15)14-20(28)26-12-16-7-4-10-31-16/h1-11H,12-14H2,(H,26,28). The van der Waals surface area contributed by atoms with Gasteiger partial charge < -0.3 is 9.73 Å². The van der Waals surface area contributed by atoms with Gasteiger partial charge in [-0.2, -0.15) is 17.5 Å². The zero-order valence-corrected chi connectivity index (χ0v) is 18.0. The zero-order valence-electron chi connectivity index (χ0n) is 16.5. The Labute approximate surface area is 187 Å². The van der Waals surface area contributed by atoms with Gasteiger partial charge in [0.25, 0.3) is 0 Å². The van der Waals surface area contributed by atoms with E-state index in [4.69, 9.17) is 16.0 Å². The van der Waals surface area contributed by atoms with Crippen LogP contribution < -0.4 is 5.32 Å². The van der Waals surface area contributed by atoms with Crippen molar-refractivity contribution in [2.45, 2.75) is 24.2 Å². The van der Waals surface area contributed by atoms with Crippen LogP contribution in [0.1, 0.15) is 16.9 Å². The van der Waals surface area contributed by atoms with E-state index in [0.29, 0.717) is 17.4 Å². The molecule has 1 N–H and O–H groups in total. The van der Waals surface area contributed by atoms with Crippen molar-refractivity contribution in [1.29, 1.82) is 0 Å². The average molecular weight is 487 g/mol. The molecule has 0 bridgehead atoms. The summed E-state index contributed by atoms with van der Waals surface area (Å²) in [5, 5.41) is 1.91. The highest BCUT2D eigenvalue weighted by molar-refractivity contribution is 7.89. The Morgan fingerprint density at radius 1 is 1.06 bits per heavy atom. The summed E-state index contributed by atoms with van der Waals surface area (Å²) in [5.41, 5.74) is -0.720. The molecule has 3 aromatic rings. The number of alkyl halides is 3. The largest absolute Gasteiger partial charge is 0.467 e. The van der Waals surface area contributed by atoms with Gasteiger partial charge in [-0.15, -0.1) is 0 Å². The van der Waals surface area contributed by atoms with Gasteiger partial charge in [-0.3, -0.25) is 4.79 Å². The first kappa shape index (κ1) is 23.8. The molecule has 0 atom stereocenters. The summed E-state index contributed by atoms with van der Waals surface area (Å²) in [6, 6.07) is 14.0. The monoisotopic (exact) mass is 486 g/mol. The highest BCUT2D eigenvalue weighted by Gasteiger charge is 2.36. The topological polar surface area (TPSA) is 79.6 Å². The van der Waals surface area contributed by atoms with Crippen LogP contribution in [0.2, 0.25) is 5.02 Å². The van der Waals surface area contributed by atoms with Gasteiger partial charge in [-0.05, 0) is 35.9 Å². The van der Waals surface area contributed by atoms with Gasteiger partial charge in [0.1, 0.15) is 5.76 Å². The van der Waals surface area contributed by atoms with Crippen LogP contribution in [-0.2, 0) is 34.1 Å². The summed E-state index contributed by atoms with van der Waals surface area (Å²) in [6.07, 6.45) is -3.42. The van der Waals surface area contributed by atoms with Crippen molar-refractivity contribution in [1.82, 2.24) is 9.62 Å². The molecular formula is C21H18ClF3N2O4S. The lowest BCUT2D eigenvalue weighted by molar-refractivity contribution is -0.137. The molecule has 0 saturated heterocycles. The van der Waals surface area contributed by atoms with Gasteiger partial charge in [0, 0.05) is 6.54 Å². The Balaban J connectivity index is 1.90. The fraction of sp³-hybridized carbons (Fsp3) is 0.190. The van der Waals surface area contributed by atoms with E-state index in [1.165, 1.54) is 6.26 Å². The number of rotatable bonds is 8. The maximum Gasteiger partial charge on any atom is 0.417 e. The number of halogens is 4. The Morgan fingerprint density at radius 3 is 2.41 bits per heavy atom. The molecular weight excluding hydrogens is 469 g/mol. The fourth-order valence-electron chi connectivity index (χ4n) is 2.86. The predicted octanol–water partition coefficient (Wildman–Crippen LogP) is 4.46. The van der Waals surface area contributed by atoms with Crippen LogP contribution in [-0.4, -0.2) is 25.2 Å². The smallest absolute Gasteiger partial charge is 0.417 e. The molecule has 0 unspecified atom stereocenters. The summed E-state index contributed by atoms with van der Waals surface area (Å²) >= 11 is 5.61. The Hall–Kier alpha value is -2.82. The van der Waals surface area contributed by atoms with Crippen LogP contribution in [0.15, 0.2) is 76.2 Å². The predicted molar refractivity (Wildman–Crippen MR) is 111 cm³/mol. The lowest BCUT2D eigenvalue weighted by Crippen LogP contribution is -2.40. The zero-order chi connectivity index (χ0) is 23.4. The molecule has 0 aliphatic carbocycles. The third-order valence-electron chi connectivity index (χ3n) is 4.44. The number of furan rings is 1. The molecule has 0 spiro atoms. The number of nitrogens with zero attached hydrogens (tertiary/aromatic N) is 1. The Morgan fingerprint density at radius 2 is 1.78 bits per heavy atom. The molecule has 0 fully saturated rings. The molecule has 11 heteroatoms. The van der Waals surface area contributed by atoms with Gasteiger partial charge in [0.2, 0.25) is 15.9 Å². The molecule has 1 amide bonds. The Bertz CT molecular complexity index is 1170. The minimum atomic E-state index is -4.84. The minimum Gasteiger partial charge on any atom is -0.467 e. The molecule has 0 radical (unpaired) electrons. The van der Waals surface area contributed by atoms with Gasteiger partial charge in [-0.25, -0.2) is 8.42 Å². The van der Waals surface area contributed by atoms with E-state index in [1.54, 1.807) is 42.5 Å². The number of hydrogen-bond acceptors (Lipinski definition) is 4. The fourth-order valence-corrected chi connectivity index (χ4v) is 4.49. The maximum atomic E-state index is 13.2. The molecule has 6 nitrogen and oxygen atoms in total. The maximum absolute atomic E-state index is 13.2. The van der Waals surface area contributed by atoms with Crippen molar-refractivity contribution in [3.05, 3.63) is 88.8 Å². The van der Waals surface area contributed by atoms with Gasteiger partial charge in [0.15, 0.2) is 0 Å². The van der Waals surface area contributed by atoms with Gasteiger partial charge in [0.05, 0.1) is 34.8 Å². The first-order valence-electron chi connectivity index (χ1n) is 9.27. The number of benzene rings is 2. The molecule has 0 aliphatic rings. The van der Waals surface area contributed by atoms with Crippen LogP contribution in [0.5, 0.6) is 0 Å². The SMILES string of the molecule is O=C(CN(Cc1ccccc1)S(=O)(=O)c1ccc(Cl)c(C(F)(F)F)c1)NCc1ccco1. The summed E-state index contributed by atoms with van der Waals surface area (Å²) in [6.45, 7) is -0.798.